The van der Waals surface area contributed by atoms with Gasteiger partial charge in [-0.05, 0) is 71.1 Å². The van der Waals surface area contributed by atoms with Crippen LogP contribution in [0.3, 0.4) is 0 Å². The lowest BCUT2D eigenvalue weighted by molar-refractivity contribution is 0.0697. The first-order valence-electron chi connectivity index (χ1n) is 13.1. The van der Waals surface area contributed by atoms with Crippen LogP contribution in [-0.4, -0.2) is 58.1 Å². The molecule has 1 atom stereocenters. The smallest absolute Gasteiger partial charge is 0.119 e. The molecule has 1 saturated heterocycles. The van der Waals surface area contributed by atoms with Crippen molar-refractivity contribution in [1.29, 1.82) is 0 Å². The predicted octanol–water partition coefficient (Wildman–Crippen LogP) is 6.64. The average molecular weight is 503 g/mol. The van der Waals surface area contributed by atoms with Gasteiger partial charge in [-0.1, -0.05) is 74.2 Å². The number of benzene rings is 3. The van der Waals surface area contributed by atoms with Crippen LogP contribution in [0, 0.1) is 0 Å². The van der Waals surface area contributed by atoms with Crippen LogP contribution in [0.25, 0.3) is 11.1 Å². The van der Waals surface area contributed by atoms with Gasteiger partial charge in [-0.3, -0.25) is 9.80 Å². The van der Waals surface area contributed by atoms with Gasteiger partial charge in [0.25, 0.3) is 0 Å². The zero-order chi connectivity index (χ0) is 25.5. The molecule has 4 rings (SSSR count). The van der Waals surface area contributed by atoms with Gasteiger partial charge in [0.2, 0.25) is 0 Å². The van der Waals surface area contributed by atoms with Crippen molar-refractivity contribution in [3.8, 4) is 16.9 Å². The van der Waals surface area contributed by atoms with Crippen LogP contribution in [0.2, 0.25) is 19.6 Å². The van der Waals surface area contributed by atoms with E-state index in [9.17, 15) is 0 Å². The minimum absolute atomic E-state index is 0.527. The maximum atomic E-state index is 5.75. The highest BCUT2D eigenvalue weighted by molar-refractivity contribution is 6.76. The fourth-order valence-corrected chi connectivity index (χ4v) is 6.89. The van der Waals surface area contributed by atoms with E-state index in [0.717, 1.165) is 38.1 Å². The van der Waals surface area contributed by atoms with Crippen LogP contribution < -0.4 is 4.74 Å². The molecule has 0 aliphatic carbocycles. The summed E-state index contributed by atoms with van der Waals surface area (Å²) in [5.41, 5.74) is 6.57. The van der Waals surface area contributed by atoms with Gasteiger partial charge in [-0.15, -0.1) is 0 Å². The lowest BCUT2D eigenvalue weighted by atomic mass is 9.93. The second-order valence-electron chi connectivity index (χ2n) is 11.4. The lowest BCUT2D eigenvalue weighted by Gasteiger charge is -2.28. The number of rotatable bonds is 11. The topological polar surface area (TPSA) is 24.9 Å². The minimum Gasteiger partial charge on any atom is -0.497 e. The highest BCUT2D eigenvalue weighted by Crippen LogP contribution is 2.34. The van der Waals surface area contributed by atoms with Crippen molar-refractivity contribution in [1.82, 2.24) is 9.80 Å². The number of methoxy groups -OCH3 is 2. The van der Waals surface area contributed by atoms with E-state index < -0.39 is 8.07 Å². The molecule has 3 aromatic carbocycles. The molecule has 0 aromatic heterocycles. The Bertz CT molecular complexity index is 1110. The van der Waals surface area contributed by atoms with Crippen LogP contribution in [-0.2, 0) is 17.8 Å². The Kier molecular flexibility index (Phi) is 9.02. The molecule has 0 N–H and O–H groups in total. The summed E-state index contributed by atoms with van der Waals surface area (Å²) in [6, 6.07) is 26.6. The maximum Gasteiger partial charge on any atom is 0.119 e. The van der Waals surface area contributed by atoms with Crippen molar-refractivity contribution >= 4 is 8.07 Å². The highest BCUT2D eigenvalue weighted by atomic mass is 28.3. The van der Waals surface area contributed by atoms with Gasteiger partial charge in [-0.25, -0.2) is 0 Å². The molecule has 1 aliphatic heterocycles. The number of ether oxygens (including phenoxy) is 2. The third-order valence-corrected chi connectivity index (χ3v) is 8.23. The number of likely N-dealkylation sites (tertiary alicyclic amines) is 1. The molecule has 3 aromatic rings. The van der Waals surface area contributed by atoms with Crippen molar-refractivity contribution in [2.24, 2.45) is 0 Å². The van der Waals surface area contributed by atoms with E-state index in [0.29, 0.717) is 12.6 Å². The Morgan fingerprint density at radius 1 is 0.889 bits per heavy atom. The second-order valence-corrected chi connectivity index (χ2v) is 16.8. The Balaban J connectivity index is 1.52. The molecule has 1 unspecified atom stereocenters. The summed E-state index contributed by atoms with van der Waals surface area (Å²) in [4.78, 5) is 5.00. The van der Waals surface area contributed by atoms with E-state index in [-0.39, 0.29) is 0 Å². The third-order valence-electron chi connectivity index (χ3n) is 6.83. The fraction of sp³-hybridized carbons (Fsp3) is 0.419. The zero-order valence-electron chi connectivity index (χ0n) is 22.7. The summed E-state index contributed by atoms with van der Waals surface area (Å²) in [5.74, 6) is 1.47. The molecular weight excluding hydrogens is 460 g/mol. The first-order valence-corrected chi connectivity index (χ1v) is 16.8. The molecule has 0 radical (unpaired) electrons. The SMILES string of the molecule is COCN(Cc1cccc(-c2cc(OC)cc(C3CCN(Cc4ccccc4)C3)c2)c1)C[Si](C)(C)C. The molecule has 192 valence electrons. The molecule has 0 bridgehead atoms. The van der Waals surface area contributed by atoms with Gasteiger partial charge < -0.3 is 9.47 Å². The number of hydrogen-bond donors (Lipinski definition) is 0. The summed E-state index contributed by atoms with van der Waals surface area (Å²) in [6.07, 6.45) is 2.30. The van der Waals surface area contributed by atoms with Crippen LogP contribution >= 0.6 is 0 Å². The summed E-state index contributed by atoms with van der Waals surface area (Å²) in [7, 11) is 2.33. The van der Waals surface area contributed by atoms with Crippen molar-refractivity contribution in [3.63, 3.8) is 0 Å². The van der Waals surface area contributed by atoms with Gasteiger partial charge in [0.15, 0.2) is 0 Å². The first-order chi connectivity index (χ1) is 17.3. The molecule has 5 heteroatoms. The molecular formula is C31H42N2O2Si. The van der Waals surface area contributed by atoms with E-state index in [1.165, 1.54) is 34.2 Å². The summed E-state index contributed by atoms with van der Waals surface area (Å²) in [5, 5.41) is 0. The van der Waals surface area contributed by atoms with Gasteiger partial charge in [0, 0.05) is 26.7 Å². The van der Waals surface area contributed by atoms with Crippen LogP contribution in [0.1, 0.15) is 29.0 Å². The monoisotopic (exact) mass is 502 g/mol. The molecule has 0 saturated carbocycles. The highest BCUT2D eigenvalue weighted by Gasteiger charge is 2.25. The maximum absolute atomic E-state index is 5.75. The van der Waals surface area contributed by atoms with Crippen molar-refractivity contribution in [2.45, 2.75) is 45.1 Å². The standard InChI is InChI=1S/C31H42N2O2Si/c1-34-23-33(24-36(3,4)5)21-26-12-9-13-27(16-26)29-17-30(19-31(18-29)35-2)28-14-15-32(22-28)20-25-10-7-6-8-11-25/h6-13,16-19,28H,14-15,20-24H2,1-5H3. The van der Waals surface area contributed by atoms with E-state index >= 15 is 0 Å². The normalized spacial score (nSPS) is 16.6. The molecule has 1 heterocycles. The van der Waals surface area contributed by atoms with Crippen LogP contribution in [0.5, 0.6) is 5.75 Å². The van der Waals surface area contributed by atoms with E-state index in [1.54, 1.807) is 14.2 Å². The zero-order valence-corrected chi connectivity index (χ0v) is 23.7. The average Bonchev–Trinajstić information content (AvgIpc) is 3.32. The number of hydrogen-bond acceptors (Lipinski definition) is 4. The van der Waals surface area contributed by atoms with Crippen molar-refractivity contribution in [3.05, 3.63) is 89.5 Å². The largest absolute Gasteiger partial charge is 0.497 e. The molecule has 1 fully saturated rings. The Morgan fingerprint density at radius 2 is 1.67 bits per heavy atom. The van der Waals surface area contributed by atoms with Crippen LogP contribution in [0.15, 0.2) is 72.8 Å². The van der Waals surface area contributed by atoms with E-state index in [2.05, 4.69) is 102 Å². The number of nitrogens with zero attached hydrogens (tertiary/aromatic N) is 2. The fourth-order valence-electron chi connectivity index (χ4n) is 5.34. The van der Waals surface area contributed by atoms with Gasteiger partial charge in [0.1, 0.15) is 5.75 Å². The minimum atomic E-state index is -1.23. The lowest BCUT2D eigenvalue weighted by Crippen LogP contribution is -2.40. The molecule has 4 nitrogen and oxygen atoms in total. The van der Waals surface area contributed by atoms with E-state index in [1.807, 2.05) is 0 Å². The summed E-state index contributed by atoms with van der Waals surface area (Å²) < 4.78 is 11.3. The first kappa shape index (κ1) is 26.6. The molecule has 36 heavy (non-hydrogen) atoms. The van der Waals surface area contributed by atoms with Gasteiger partial charge in [0.05, 0.1) is 21.9 Å². The van der Waals surface area contributed by atoms with Gasteiger partial charge in [-0.2, -0.15) is 0 Å². The van der Waals surface area contributed by atoms with Crippen molar-refractivity contribution in [2.75, 3.05) is 40.2 Å². The predicted molar refractivity (Wildman–Crippen MR) is 153 cm³/mol. The van der Waals surface area contributed by atoms with E-state index in [4.69, 9.17) is 9.47 Å². The third kappa shape index (κ3) is 7.53. The Morgan fingerprint density at radius 3 is 2.39 bits per heavy atom. The van der Waals surface area contributed by atoms with Gasteiger partial charge >= 0.3 is 0 Å². The molecule has 0 amide bonds. The molecule has 0 spiro atoms. The van der Waals surface area contributed by atoms with Crippen LogP contribution in [0.4, 0.5) is 0 Å². The second kappa shape index (κ2) is 12.2. The Hall–Kier alpha value is -2.44. The quantitative estimate of drug-likeness (QED) is 0.217. The Labute approximate surface area is 218 Å². The summed E-state index contributed by atoms with van der Waals surface area (Å²) in [6.45, 7) is 12.0. The summed E-state index contributed by atoms with van der Waals surface area (Å²) >= 11 is 0. The van der Waals surface area contributed by atoms with Crippen molar-refractivity contribution < 1.29 is 9.47 Å². The molecule has 1 aliphatic rings.